The van der Waals surface area contributed by atoms with Gasteiger partial charge in [0.2, 0.25) is 5.91 Å². The normalized spacial score (nSPS) is 25.2. The Morgan fingerprint density at radius 1 is 1.37 bits per heavy atom. The summed E-state index contributed by atoms with van der Waals surface area (Å²) in [6.07, 6.45) is 6.36. The van der Waals surface area contributed by atoms with Crippen LogP contribution in [0.4, 0.5) is 0 Å². The van der Waals surface area contributed by atoms with E-state index in [0.29, 0.717) is 11.8 Å². The molecule has 0 aromatic carbocycles. The molecule has 2 aliphatic rings. The van der Waals surface area contributed by atoms with Crippen LogP contribution >= 0.6 is 0 Å². The summed E-state index contributed by atoms with van der Waals surface area (Å²) >= 11 is 0. The van der Waals surface area contributed by atoms with Gasteiger partial charge in [0.1, 0.15) is 0 Å². The average molecular weight is 267 g/mol. The van der Waals surface area contributed by atoms with E-state index in [2.05, 4.69) is 31.1 Å². The highest BCUT2D eigenvalue weighted by Gasteiger charge is 2.31. The van der Waals surface area contributed by atoms with Gasteiger partial charge in [0, 0.05) is 19.1 Å². The van der Waals surface area contributed by atoms with Crippen molar-refractivity contribution in [2.75, 3.05) is 26.8 Å². The third kappa shape index (κ3) is 3.93. The van der Waals surface area contributed by atoms with Gasteiger partial charge in [-0.1, -0.05) is 26.7 Å². The van der Waals surface area contributed by atoms with Gasteiger partial charge in [-0.05, 0) is 32.2 Å². The Morgan fingerprint density at radius 2 is 2.05 bits per heavy atom. The first-order chi connectivity index (χ1) is 9.08. The van der Waals surface area contributed by atoms with Gasteiger partial charge in [0.05, 0.1) is 12.7 Å². The van der Waals surface area contributed by atoms with Gasteiger partial charge in [-0.2, -0.15) is 0 Å². The topological polar surface area (TPSA) is 35.6 Å². The number of likely N-dealkylation sites (N-methyl/N-ethyl adjacent to an activating group) is 1. The molecule has 0 spiro atoms. The highest BCUT2D eigenvalue weighted by molar-refractivity contribution is 5.83. The number of rotatable bonds is 6. The highest BCUT2D eigenvalue weighted by atomic mass is 16.2. The van der Waals surface area contributed by atoms with Crippen LogP contribution in [-0.2, 0) is 4.79 Å². The molecule has 1 amide bonds. The minimum atomic E-state index is 0.0526. The molecule has 0 bridgehead atoms. The summed E-state index contributed by atoms with van der Waals surface area (Å²) in [6.45, 7) is 6.95. The number of nitrogens with one attached hydrogen (secondary N) is 1. The third-order valence-corrected chi connectivity index (χ3v) is 4.52. The van der Waals surface area contributed by atoms with Gasteiger partial charge in [-0.3, -0.25) is 10.1 Å². The molecule has 0 radical (unpaired) electrons. The Kier molecular flexibility index (Phi) is 5.22. The van der Waals surface area contributed by atoms with Crippen molar-refractivity contribution in [3.05, 3.63) is 0 Å². The Hall–Kier alpha value is -0.610. The number of amides is 1. The molecule has 110 valence electrons. The van der Waals surface area contributed by atoms with E-state index in [9.17, 15) is 4.79 Å². The summed E-state index contributed by atoms with van der Waals surface area (Å²) in [7, 11) is 2.20. The quantitative estimate of drug-likeness (QED) is 0.795. The van der Waals surface area contributed by atoms with E-state index in [1.54, 1.807) is 0 Å². The number of carbonyl (C=O) groups is 1. The van der Waals surface area contributed by atoms with Crippen molar-refractivity contribution in [2.24, 2.45) is 5.92 Å². The molecule has 2 rings (SSSR count). The van der Waals surface area contributed by atoms with Crippen LogP contribution in [0.5, 0.6) is 0 Å². The summed E-state index contributed by atoms with van der Waals surface area (Å²) in [5.74, 6) is 0.871. The predicted octanol–water partition coefficient (Wildman–Crippen LogP) is 1.66. The van der Waals surface area contributed by atoms with E-state index in [-0.39, 0.29) is 6.04 Å². The zero-order valence-corrected chi connectivity index (χ0v) is 12.7. The van der Waals surface area contributed by atoms with Crippen LogP contribution in [0.1, 0.15) is 46.0 Å². The van der Waals surface area contributed by atoms with Crippen molar-refractivity contribution < 1.29 is 4.79 Å². The number of nitrogens with zero attached hydrogens (tertiary/aromatic N) is 2. The van der Waals surface area contributed by atoms with Crippen LogP contribution in [0.2, 0.25) is 0 Å². The number of hydrogen-bond donors (Lipinski definition) is 1. The number of carbonyl (C=O) groups excluding carboxylic acids is 1. The molecule has 0 aromatic heterocycles. The fraction of sp³-hybridized carbons (Fsp3) is 0.933. The van der Waals surface area contributed by atoms with Crippen molar-refractivity contribution in [3.63, 3.8) is 0 Å². The Bertz CT molecular complexity index is 300. The molecular weight excluding hydrogens is 238 g/mol. The molecule has 2 fully saturated rings. The van der Waals surface area contributed by atoms with Crippen LogP contribution in [0.15, 0.2) is 0 Å². The van der Waals surface area contributed by atoms with Gasteiger partial charge in [-0.15, -0.1) is 0 Å². The first-order valence-corrected chi connectivity index (χ1v) is 7.80. The molecular formula is C15H29N3O. The lowest BCUT2D eigenvalue weighted by atomic mass is 10.0. The minimum Gasteiger partial charge on any atom is -0.327 e. The first kappa shape index (κ1) is 14.8. The molecule has 1 atom stereocenters. The van der Waals surface area contributed by atoms with Crippen molar-refractivity contribution in [3.8, 4) is 0 Å². The molecule has 4 nitrogen and oxygen atoms in total. The van der Waals surface area contributed by atoms with E-state index >= 15 is 0 Å². The lowest BCUT2D eigenvalue weighted by Gasteiger charge is -2.26. The van der Waals surface area contributed by atoms with Crippen LogP contribution in [-0.4, -0.2) is 54.6 Å². The van der Waals surface area contributed by atoms with E-state index < -0.39 is 0 Å². The molecule has 4 heteroatoms. The van der Waals surface area contributed by atoms with Crippen molar-refractivity contribution in [2.45, 2.75) is 58.0 Å². The lowest BCUT2D eigenvalue weighted by Crippen LogP contribution is -2.39. The van der Waals surface area contributed by atoms with Crippen molar-refractivity contribution in [1.29, 1.82) is 0 Å². The average Bonchev–Trinajstić information content (AvgIpc) is 2.98. The third-order valence-electron chi connectivity index (χ3n) is 4.52. The molecule has 19 heavy (non-hydrogen) atoms. The van der Waals surface area contributed by atoms with Gasteiger partial charge in [0.25, 0.3) is 0 Å². The maximum Gasteiger partial charge on any atom is 0.240 e. The Morgan fingerprint density at radius 3 is 2.68 bits per heavy atom. The van der Waals surface area contributed by atoms with Crippen molar-refractivity contribution >= 4 is 5.91 Å². The van der Waals surface area contributed by atoms with E-state index in [4.69, 9.17) is 0 Å². The molecule has 0 aromatic rings. The molecule has 1 aliphatic carbocycles. The summed E-state index contributed by atoms with van der Waals surface area (Å²) in [5, 5.41) is 3.34. The fourth-order valence-corrected chi connectivity index (χ4v) is 3.26. The molecule has 1 N–H and O–H groups in total. The summed E-state index contributed by atoms with van der Waals surface area (Å²) < 4.78 is 0. The maximum absolute atomic E-state index is 12.2. The summed E-state index contributed by atoms with van der Waals surface area (Å²) in [4.78, 5) is 16.6. The Balaban J connectivity index is 1.73. The largest absolute Gasteiger partial charge is 0.327 e. The van der Waals surface area contributed by atoms with Crippen molar-refractivity contribution in [1.82, 2.24) is 15.1 Å². The second kappa shape index (κ2) is 6.71. The van der Waals surface area contributed by atoms with Crippen LogP contribution < -0.4 is 5.32 Å². The zero-order chi connectivity index (χ0) is 13.8. The monoisotopic (exact) mass is 267 g/mol. The molecule has 1 saturated carbocycles. The van der Waals surface area contributed by atoms with Gasteiger partial charge in [-0.25, -0.2) is 0 Å². The first-order valence-electron chi connectivity index (χ1n) is 7.80. The van der Waals surface area contributed by atoms with E-state index in [1.165, 1.54) is 25.7 Å². The van der Waals surface area contributed by atoms with Gasteiger partial charge in [0.15, 0.2) is 0 Å². The second-order valence-electron chi connectivity index (χ2n) is 6.56. The lowest BCUT2D eigenvalue weighted by molar-refractivity contribution is -0.129. The van der Waals surface area contributed by atoms with Gasteiger partial charge < -0.3 is 9.80 Å². The SMILES string of the molecule is CC(C)CC1NCN(CCN(C)C2CCCC2)C1=O. The van der Waals surface area contributed by atoms with E-state index in [1.807, 2.05) is 4.90 Å². The molecule has 1 heterocycles. The van der Waals surface area contributed by atoms with Crippen LogP contribution in [0, 0.1) is 5.92 Å². The zero-order valence-electron chi connectivity index (χ0n) is 12.7. The minimum absolute atomic E-state index is 0.0526. The molecule has 1 unspecified atom stereocenters. The van der Waals surface area contributed by atoms with Gasteiger partial charge >= 0.3 is 0 Å². The maximum atomic E-state index is 12.2. The highest BCUT2D eigenvalue weighted by Crippen LogP contribution is 2.22. The smallest absolute Gasteiger partial charge is 0.240 e. The second-order valence-corrected chi connectivity index (χ2v) is 6.56. The molecule has 1 saturated heterocycles. The Labute approximate surface area is 117 Å². The van der Waals surface area contributed by atoms with Crippen LogP contribution in [0.3, 0.4) is 0 Å². The predicted molar refractivity (Wildman–Crippen MR) is 77.8 cm³/mol. The van der Waals surface area contributed by atoms with Crippen LogP contribution in [0.25, 0.3) is 0 Å². The fourth-order valence-electron chi connectivity index (χ4n) is 3.26. The van der Waals surface area contributed by atoms with E-state index in [0.717, 1.165) is 32.2 Å². The standard InChI is InChI=1S/C15H29N3O/c1-12(2)10-14-15(19)18(11-16-14)9-8-17(3)13-6-4-5-7-13/h12-14,16H,4-11H2,1-3H3. The summed E-state index contributed by atoms with van der Waals surface area (Å²) in [6, 6.07) is 0.800. The number of hydrogen-bond acceptors (Lipinski definition) is 3. The summed E-state index contributed by atoms with van der Waals surface area (Å²) in [5.41, 5.74) is 0. The molecule has 1 aliphatic heterocycles.